The second-order valence-electron chi connectivity index (χ2n) is 5.11. The van der Waals surface area contributed by atoms with Crippen LogP contribution in [0.2, 0.25) is 0 Å². The Morgan fingerprint density at radius 1 is 1.26 bits per heavy atom. The van der Waals surface area contributed by atoms with Crippen molar-refractivity contribution >= 4 is 11.9 Å². The van der Waals surface area contributed by atoms with Crippen LogP contribution >= 0.6 is 0 Å². The van der Waals surface area contributed by atoms with E-state index in [1.54, 1.807) is 12.1 Å². The molecule has 1 fully saturated rings. The van der Waals surface area contributed by atoms with Crippen molar-refractivity contribution in [2.45, 2.75) is 31.6 Å². The Balaban J connectivity index is 1.87. The molecule has 1 unspecified atom stereocenters. The number of amides is 1. The second kappa shape index (κ2) is 6.36. The van der Waals surface area contributed by atoms with Gasteiger partial charge in [-0.2, -0.15) is 0 Å². The summed E-state index contributed by atoms with van der Waals surface area (Å²) in [7, 11) is 0. The lowest BCUT2D eigenvalue weighted by Crippen LogP contribution is -2.33. The average molecular weight is 261 g/mol. The van der Waals surface area contributed by atoms with Crippen LogP contribution in [0.15, 0.2) is 30.3 Å². The van der Waals surface area contributed by atoms with Gasteiger partial charge in [0.15, 0.2) is 0 Å². The van der Waals surface area contributed by atoms with Gasteiger partial charge in [-0.1, -0.05) is 36.8 Å². The van der Waals surface area contributed by atoms with Gasteiger partial charge in [-0.3, -0.25) is 9.59 Å². The van der Waals surface area contributed by atoms with Crippen LogP contribution in [-0.4, -0.2) is 23.5 Å². The summed E-state index contributed by atoms with van der Waals surface area (Å²) < 4.78 is 0. The second-order valence-corrected chi connectivity index (χ2v) is 5.11. The van der Waals surface area contributed by atoms with Crippen molar-refractivity contribution in [1.29, 1.82) is 0 Å². The Hall–Kier alpha value is -1.84. The summed E-state index contributed by atoms with van der Waals surface area (Å²) in [4.78, 5) is 23.0. The van der Waals surface area contributed by atoms with Crippen LogP contribution in [0.4, 0.5) is 0 Å². The van der Waals surface area contributed by atoms with Gasteiger partial charge < -0.3 is 10.4 Å². The van der Waals surface area contributed by atoms with E-state index < -0.39 is 11.9 Å². The zero-order chi connectivity index (χ0) is 13.7. The number of benzene rings is 1. The van der Waals surface area contributed by atoms with Gasteiger partial charge in [0.25, 0.3) is 0 Å². The van der Waals surface area contributed by atoms with Gasteiger partial charge in [-0.25, -0.2) is 0 Å². The van der Waals surface area contributed by atoms with Crippen molar-refractivity contribution in [3.8, 4) is 0 Å². The molecule has 1 aliphatic rings. The van der Waals surface area contributed by atoms with E-state index in [1.807, 2.05) is 18.2 Å². The van der Waals surface area contributed by atoms with Crippen LogP contribution in [-0.2, 0) is 9.59 Å². The van der Waals surface area contributed by atoms with Gasteiger partial charge in [0.2, 0.25) is 5.91 Å². The molecule has 2 rings (SSSR count). The smallest absolute Gasteiger partial charge is 0.312 e. The van der Waals surface area contributed by atoms with Crippen LogP contribution < -0.4 is 5.32 Å². The van der Waals surface area contributed by atoms with Gasteiger partial charge >= 0.3 is 5.97 Å². The number of carbonyl (C=O) groups is 2. The summed E-state index contributed by atoms with van der Waals surface area (Å²) in [5.74, 6) is -1.12. The maximum absolute atomic E-state index is 11.7. The number of carbonyl (C=O) groups excluding carboxylic acids is 1. The lowest BCUT2D eigenvalue weighted by molar-refractivity contribution is -0.138. The fraction of sp³-hybridized carbons (Fsp3) is 0.467. The van der Waals surface area contributed by atoms with E-state index in [0.29, 0.717) is 12.3 Å². The minimum Gasteiger partial charge on any atom is -0.481 e. The van der Waals surface area contributed by atoms with Gasteiger partial charge in [0.05, 0.1) is 5.92 Å². The monoisotopic (exact) mass is 261 g/mol. The molecule has 102 valence electrons. The topological polar surface area (TPSA) is 66.4 Å². The van der Waals surface area contributed by atoms with Crippen LogP contribution in [0.1, 0.15) is 37.2 Å². The molecule has 0 bridgehead atoms. The Bertz CT molecular complexity index is 440. The van der Waals surface area contributed by atoms with Crippen molar-refractivity contribution in [2.75, 3.05) is 6.54 Å². The summed E-state index contributed by atoms with van der Waals surface area (Å²) in [6.45, 7) is 0.158. The van der Waals surface area contributed by atoms with E-state index in [4.69, 9.17) is 0 Å². The molecular formula is C15H19NO3. The zero-order valence-corrected chi connectivity index (χ0v) is 10.8. The molecule has 4 nitrogen and oxygen atoms in total. The lowest BCUT2D eigenvalue weighted by atomic mass is 9.83. The van der Waals surface area contributed by atoms with E-state index in [9.17, 15) is 14.7 Å². The van der Waals surface area contributed by atoms with Crippen LogP contribution in [0.25, 0.3) is 0 Å². The zero-order valence-electron chi connectivity index (χ0n) is 10.8. The number of hydrogen-bond acceptors (Lipinski definition) is 2. The number of carboxylic acids is 1. The van der Waals surface area contributed by atoms with E-state index in [1.165, 1.54) is 6.42 Å². The Morgan fingerprint density at radius 3 is 2.47 bits per heavy atom. The normalized spacial score (nSPS) is 16.4. The molecule has 0 heterocycles. The summed E-state index contributed by atoms with van der Waals surface area (Å²) in [6, 6.07) is 9.01. The SMILES string of the molecule is O=C(CC1CCC1)NCC(C(=O)O)c1ccccc1. The molecule has 1 aromatic carbocycles. The van der Waals surface area contributed by atoms with Crippen LogP contribution in [0.3, 0.4) is 0 Å². The Morgan fingerprint density at radius 2 is 1.95 bits per heavy atom. The maximum Gasteiger partial charge on any atom is 0.312 e. The predicted molar refractivity (Wildman–Crippen MR) is 71.8 cm³/mol. The van der Waals surface area contributed by atoms with Crippen molar-refractivity contribution < 1.29 is 14.7 Å². The molecule has 0 aliphatic heterocycles. The van der Waals surface area contributed by atoms with Gasteiger partial charge in [-0.15, -0.1) is 0 Å². The Labute approximate surface area is 112 Å². The van der Waals surface area contributed by atoms with E-state index in [0.717, 1.165) is 18.4 Å². The molecule has 1 aliphatic carbocycles. The number of rotatable bonds is 6. The highest BCUT2D eigenvalue weighted by Gasteiger charge is 2.23. The van der Waals surface area contributed by atoms with E-state index in [-0.39, 0.29) is 12.5 Å². The maximum atomic E-state index is 11.7. The van der Waals surface area contributed by atoms with Gasteiger partial charge in [0, 0.05) is 13.0 Å². The molecule has 2 N–H and O–H groups in total. The highest BCUT2D eigenvalue weighted by Crippen LogP contribution is 2.29. The van der Waals surface area contributed by atoms with Crippen molar-refractivity contribution in [2.24, 2.45) is 5.92 Å². The summed E-state index contributed by atoms with van der Waals surface area (Å²) in [5, 5.41) is 12.0. The Kier molecular flexibility index (Phi) is 4.55. The van der Waals surface area contributed by atoms with Crippen LogP contribution in [0, 0.1) is 5.92 Å². The minimum absolute atomic E-state index is 0.0353. The molecule has 0 spiro atoms. The molecule has 0 radical (unpaired) electrons. The first kappa shape index (κ1) is 13.6. The third kappa shape index (κ3) is 3.81. The van der Waals surface area contributed by atoms with Gasteiger partial charge in [0.1, 0.15) is 0 Å². The molecule has 1 aromatic rings. The van der Waals surface area contributed by atoms with Crippen molar-refractivity contribution in [3.05, 3.63) is 35.9 Å². The average Bonchev–Trinajstić information content (AvgIpc) is 2.35. The number of nitrogens with one attached hydrogen (secondary N) is 1. The highest BCUT2D eigenvalue weighted by atomic mass is 16.4. The third-order valence-electron chi connectivity index (χ3n) is 3.70. The molecule has 4 heteroatoms. The van der Waals surface area contributed by atoms with Crippen LogP contribution in [0.5, 0.6) is 0 Å². The fourth-order valence-electron chi connectivity index (χ4n) is 2.28. The van der Waals surface area contributed by atoms with Crippen molar-refractivity contribution in [3.63, 3.8) is 0 Å². The summed E-state index contributed by atoms with van der Waals surface area (Å²) >= 11 is 0. The predicted octanol–water partition coefficient (Wildman–Crippen LogP) is 2.16. The van der Waals surface area contributed by atoms with E-state index >= 15 is 0 Å². The molecular weight excluding hydrogens is 242 g/mol. The van der Waals surface area contributed by atoms with Gasteiger partial charge in [-0.05, 0) is 24.3 Å². The van der Waals surface area contributed by atoms with E-state index in [2.05, 4.69) is 5.32 Å². The number of aliphatic carboxylic acids is 1. The summed E-state index contributed by atoms with van der Waals surface area (Å²) in [5.41, 5.74) is 0.721. The lowest BCUT2D eigenvalue weighted by Gasteiger charge is -2.24. The molecule has 19 heavy (non-hydrogen) atoms. The third-order valence-corrected chi connectivity index (χ3v) is 3.70. The molecule has 1 saturated carbocycles. The minimum atomic E-state index is -0.907. The number of carboxylic acid groups (broad SMARTS) is 1. The quantitative estimate of drug-likeness (QED) is 0.824. The molecule has 0 aromatic heterocycles. The number of hydrogen-bond donors (Lipinski definition) is 2. The standard InChI is InChI=1S/C15H19NO3/c17-14(9-11-5-4-6-11)16-10-13(15(18)19)12-7-2-1-3-8-12/h1-3,7-8,11,13H,4-6,9-10H2,(H,16,17)(H,18,19). The fourth-order valence-corrected chi connectivity index (χ4v) is 2.28. The molecule has 1 atom stereocenters. The summed E-state index contributed by atoms with van der Waals surface area (Å²) in [6.07, 6.45) is 3.98. The largest absolute Gasteiger partial charge is 0.481 e. The first-order valence-electron chi connectivity index (χ1n) is 6.71. The molecule has 1 amide bonds. The first-order chi connectivity index (χ1) is 9.16. The highest BCUT2D eigenvalue weighted by molar-refractivity contribution is 5.80. The molecule has 0 saturated heterocycles. The first-order valence-corrected chi connectivity index (χ1v) is 6.71. The van der Waals surface area contributed by atoms with Crippen molar-refractivity contribution in [1.82, 2.24) is 5.32 Å².